The average Bonchev–Trinajstić information content (AvgIpc) is 2.98. The quantitative estimate of drug-likeness (QED) is 0.221. The largest absolute Gasteiger partial charge is 0.373 e. The van der Waals surface area contributed by atoms with Crippen LogP contribution in [0.15, 0.2) is 84.0 Å². The molecule has 4 aromatic rings. The van der Waals surface area contributed by atoms with E-state index < -0.39 is 10.0 Å². The number of pyridine rings is 1. The van der Waals surface area contributed by atoms with Crippen molar-refractivity contribution in [2.45, 2.75) is 30.3 Å². The van der Waals surface area contributed by atoms with E-state index in [1.165, 1.54) is 12.1 Å². The molecule has 1 fully saturated rings. The molecule has 5 rings (SSSR count). The topological polar surface area (TPSA) is 124 Å². The van der Waals surface area contributed by atoms with Crippen LogP contribution in [0.25, 0.3) is 0 Å². The van der Waals surface area contributed by atoms with Crippen LogP contribution in [0.5, 0.6) is 0 Å². The van der Waals surface area contributed by atoms with Gasteiger partial charge in [-0.1, -0.05) is 6.07 Å². The number of halogens is 1. The molecule has 0 radical (unpaired) electrons. The first kappa shape index (κ1) is 27.4. The summed E-state index contributed by atoms with van der Waals surface area (Å²) >= 11 is 0. The number of benzene rings is 2. The second-order valence-corrected chi connectivity index (χ2v) is 11.3. The molecule has 2 aromatic heterocycles. The Morgan fingerprint density at radius 1 is 0.900 bits per heavy atom. The van der Waals surface area contributed by atoms with Crippen molar-refractivity contribution in [2.75, 3.05) is 36.1 Å². The summed E-state index contributed by atoms with van der Waals surface area (Å²) in [5, 5.41) is 12.8. The first-order valence-electron chi connectivity index (χ1n) is 13.0. The molecule has 0 bridgehead atoms. The standard InChI is InChI=1S/C28H31FN8O2S/c1-30-27-20(3-2-15-31-27)19-33-22-13-17-37(18-14-22)40(38,39)25-10-8-24(9-11-25)35-28-32-16-12-26(36-28)34-23-6-4-21(29)5-7-23/h2-12,15-16,22,33H,13-14,17-19H2,1H3,(H,30,31)(H2,32,34,35,36). The van der Waals surface area contributed by atoms with Crippen LogP contribution in [0.4, 0.5) is 33.3 Å². The third kappa shape index (κ3) is 6.71. The van der Waals surface area contributed by atoms with Crippen LogP contribution in [-0.2, 0) is 16.6 Å². The molecular formula is C28H31FN8O2S. The molecular weight excluding hydrogens is 531 g/mol. The van der Waals surface area contributed by atoms with Gasteiger partial charge < -0.3 is 21.3 Å². The van der Waals surface area contributed by atoms with Crippen molar-refractivity contribution in [1.29, 1.82) is 0 Å². The predicted molar refractivity (Wildman–Crippen MR) is 154 cm³/mol. The third-order valence-electron chi connectivity index (χ3n) is 6.68. The lowest BCUT2D eigenvalue weighted by atomic mass is 10.1. The maximum absolute atomic E-state index is 13.3. The minimum absolute atomic E-state index is 0.233. The van der Waals surface area contributed by atoms with Crippen molar-refractivity contribution in [1.82, 2.24) is 24.6 Å². The molecule has 3 heterocycles. The van der Waals surface area contributed by atoms with E-state index >= 15 is 0 Å². The van der Waals surface area contributed by atoms with Crippen molar-refractivity contribution >= 4 is 39.0 Å². The fourth-order valence-electron chi connectivity index (χ4n) is 4.52. The Bertz CT molecular complexity index is 1530. The number of piperidine rings is 1. The van der Waals surface area contributed by atoms with Gasteiger partial charge in [0.1, 0.15) is 17.5 Å². The predicted octanol–water partition coefficient (Wildman–Crippen LogP) is 4.48. The first-order chi connectivity index (χ1) is 19.4. The summed E-state index contributed by atoms with van der Waals surface area (Å²) in [6.45, 7) is 1.58. The summed E-state index contributed by atoms with van der Waals surface area (Å²) in [6.07, 6.45) is 4.80. The Hall–Kier alpha value is -4.13. The van der Waals surface area contributed by atoms with Gasteiger partial charge >= 0.3 is 0 Å². The van der Waals surface area contributed by atoms with Crippen LogP contribution in [0.2, 0.25) is 0 Å². The van der Waals surface area contributed by atoms with E-state index in [0.29, 0.717) is 42.8 Å². The lowest BCUT2D eigenvalue weighted by molar-refractivity contribution is 0.288. The number of nitrogens with one attached hydrogen (secondary N) is 4. The second-order valence-electron chi connectivity index (χ2n) is 9.37. The fourth-order valence-corrected chi connectivity index (χ4v) is 5.99. The van der Waals surface area contributed by atoms with Gasteiger partial charge in [-0.15, -0.1) is 0 Å². The minimum atomic E-state index is -3.61. The first-order valence-corrected chi connectivity index (χ1v) is 14.4. The highest BCUT2D eigenvalue weighted by Crippen LogP contribution is 2.24. The molecule has 0 atom stereocenters. The monoisotopic (exact) mass is 562 g/mol. The van der Waals surface area contributed by atoms with E-state index in [4.69, 9.17) is 0 Å². The lowest BCUT2D eigenvalue weighted by Crippen LogP contribution is -2.44. The summed E-state index contributed by atoms with van der Waals surface area (Å²) in [5.41, 5.74) is 2.42. The van der Waals surface area contributed by atoms with Gasteiger partial charge in [0.05, 0.1) is 4.90 Å². The minimum Gasteiger partial charge on any atom is -0.373 e. The van der Waals surface area contributed by atoms with Gasteiger partial charge in [-0.2, -0.15) is 9.29 Å². The number of anilines is 5. The molecule has 1 aliphatic heterocycles. The molecule has 1 aliphatic rings. The molecule has 40 heavy (non-hydrogen) atoms. The smallest absolute Gasteiger partial charge is 0.243 e. The van der Waals surface area contributed by atoms with Gasteiger partial charge in [-0.3, -0.25) is 0 Å². The Labute approximate surface area is 233 Å². The Kier molecular flexibility index (Phi) is 8.48. The summed E-state index contributed by atoms with van der Waals surface area (Å²) in [7, 11) is -1.76. The SMILES string of the molecule is CNc1ncccc1CNC1CCN(S(=O)(=O)c2ccc(Nc3nccc(Nc4ccc(F)cc4)n3)cc2)CC1. The van der Waals surface area contributed by atoms with Gasteiger partial charge in [-0.05, 0) is 73.5 Å². The maximum atomic E-state index is 13.3. The number of aromatic nitrogens is 3. The van der Waals surface area contributed by atoms with Gasteiger partial charge in [-0.25, -0.2) is 22.8 Å². The summed E-state index contributed by atoms with van der Waals surface area (Å²) in [6, 6.07) is 18.4. The van der Waals surface area contributed by atoms with E-state index in [9.17, 15) is 12.8 Å². The number of rotatable bonds is 10. The van der Waals surface area contributed by atoms with Crippen LogP contribution >= 0.6 is 0 Å². The maximum Gasteiger partial charge on any atom is 0.243 e. The third-order valence-corrected chi connectivity index (χ3v) is 8.60. The van der Waals surface area contributed by atoms with Crippen molar-refractivity contribution in [2.24, 2.45) is 0 Å². The zero-order valence-corrected chi connectivity index (χ0v) is 22.8. The number of nitrogens with zero attached hydrogens (tertiary/aromatic N) is 4. The van der Waals surface area contributed by atoms with Gasteiger partial charge in [0.15, 0.2) is 0 Å². The lowest BCUT2D eigenvalue weighted by Gasteiger charge is -2.32. The molecule has 0 amide bonds. The normalized spacial score (nSPS) is 14.6. The van der Waals surface area contributed by atoms with E-state index in [0.717, 1.165) is 24.2 Å². The van der Waals surface area contributed by atoms with Gasteiger partial charge in [0.2, 0.25) is 16.0 Å². The highest BCUT2D eigenvalue weighted by Gasteiger charge is 2.29. The van der Waals surface area contributed by atoms with E-state index in [1.807, 2.05) is 19.2 Å². The molecule has 0 saturated carbocycles. The van der Waals surface area contributed by atoms with E-state index in [1.54, 1.807) is 59.2 Å². The Morgan fingerprint density at radius 2 is 1.60 bits per heavy atom. The van der Waals surface area contributed by atoms with Crippen LogP contribution in [0.1, 0.15) is 18.4 Å². The van der Waals surface area contributed by atoms with Crippen LogP contribution in [-0.4, -0.2) is 53.9 Å². The number of sulfonamides is 1. The number of hydrogen-bond acceptors (Lipinski definition) is 9. The van der Waals surface area contributed by atoms with Crippen LogP contribution in [0, 0.1) is 5.82 Å². The zero-order chi connectivity index (χ0) is 28.0. The fraction of sp³-hybridized carbons (Fsp3) is 0.250. The highest BCUT2D eigenvalue weighted by atomic mass is 32.2. The molecule has 0 unspecified atom stereocenters. The molecule has 208 valence electrons. The van der Waals surface area contributed by atoms with E-state index in [2.05, 4.69) is 36.2 Å². The summed E-state index contributed by atoms with van der Waals surface area (Å²) < 4.78 is 41.3. The highest BCUT2D eigenvalue weighted by molar-refractivity contribution is 7.89. The molecule has 1 saturated heterocycles. The van der Waals surface area contributed by atoms with Crippen molar-refractivity contribution in [3.8, 4) is 0 Å². The van der Waals surface area contributed by atoms with Gasteiger partial charge in [0.25, 0.3) is 0 Å². The molecule has 0 aliphatic carbocycles. The van der Waals surface area contributed by atoms with Gasteiger partial charge in [0, 0.05) is 62.1 Å². The molecule has 10 nitrogen and oxygen atoms in total. The van der Waals surface area contributed by atoms with E-state index in [-0.39, 0.29) is 16.8 Å². The molecule has 12 heteroatoms. The Morgan fingerprint density at radius 3 is 2.33 bits per heavy atom. The molecule has 4 N–H and O–H groups in total. The zero-order valence-electron chi connectivity index (χ0n) is 22.0. The average molecular weight is 563 g/mol. The van der Waals surface area contributed by atoms with Crippen molar-refractivity contribution < 1.29 is 12.8 Å². The van der Waals surface area contributed by atoms with Crippen LogP contribution in [0.3, 0.4) is 0 Å². The molecule has 2 aromatic carbocycles. The summed E-state index contributed by atoms with van der Waals surface area (Å²) in [4.78, 5) is 13.2. The Balaban J connectivity index is 1.15. The number of hydrogen-bond donors (Lipinski definition) is 4. The second kappa shape index (κ2) is 12.4. The van der Waals surface area contributed by atoms with Crippen molar-refractivity contribution in [3.63, 3.8) is 0 Å². The molecule has 0 spiro atoms. The summed E-state index contributed by atoms with van der Waals surface area (Å²) in [5.74, 6) is 1.39. The van der Waals surface area contributed by atoms with Crippen molar-refractivity contribution in [3.05, 3.63) is 90.5 Å². The van der Waals surface area contributed by atoms with Crippen LogP contribution < -0.4 is 21.3 Å².